The lowest BCUT2D eigenvalue weighted by atomic mass is 9.42. The molecule has 2 bridgehead atoms. The van der Waals surface area contributed by atoms with Crippen molar-refractivity contribution in [3.05, 3.63) is 101 Å². The molecule has 0 saturated carbocycles. The summed E-state index contributed by atoms with van der Waals surface area (Å²) in [4.78, 5) is 40.6. The van der Waals surface area contributed by atoms with Crippen molar-refractivity contribution in [2.75, 3.05) is 4.90 Å². The van der Waals surface area contributed by atoms with Gasteiger partial charge in [0.25, 0.3) is 0 Å². The molecule has 0 unspecified atom stereocenters. The maximum atomic E-state index is 13.9. The van der Waals surface area contributed by atoms with Crippen molar-refractivity contribution >= 4 is 23.5 Å². The number of benzene rings is 3. The van der Waals surface area contributed by atoms with Crippen LogP contribution in [0.25, 0.3) is 0 Å². The standard InChI is InChI=1S/C27H21NO4/c1-26-17-10-3-5-12-19(17)27(2,20-13-6-4-11-18(20)26)22-21(26)23(29)28(24(22)30)16-9-7-8-15(14-16)25(31)32/h3-14,21-22H,1-2H3,(H,31,32)/t21-,22-,26?,27?/m1/s1. The van der Waals surface area contributed by atoms with Gasteiger partial charge in [0.05, 0.1) is 23.1 Å². The number of carbonyl (C=O) groups is 3. The van der Waals surface area contributed by atoms with Gasteiger partial charge in [0, 0.05) is 10.8 Å². The van der Waals surface area contributed by atoms with Crippen LogP contribution in [0.15, 0.2) is 72.8 Å². The number of anilines is 1. The smallest absolute Gasteiger partial charge is 0.335 e. The summed E-state index contributed by atoms with van der Waals surface area (Å²) in [6, 6.07) is 22.3. The molecule has 5 nitrogen and oxygen atoms in total. The van der Waals surface area contributed by atoms with E-state index in [4.69, 9.17) is 0 Å². The normalized spacial score (nSPS) is 29.5. The van der Waals surface area contributed by atoms with Gasteiger partial charge in [-0.15, -0.1) is 0 Å². The van der Waals surface area contributed by atoms with E-state index in [1.54, 1.807) is 12.1 Å². The second-order valence-corrected chi connectivity index (χ2v) is 9.32. The molecule has 1 N–H and O–H groups in total. The summed E-state index contributed by atoms with van der Waals surface area (Å²) in [5.74, 6) is -2.74. The highest BCUT2D eigenvalue weighted by molar-refractivity contribution is 6.24. The average molecular weight is 423 g/mol. The molecule has 0 aromatic heterocycles. The highest BCUT2D eigenvalue weighted by Crippen LogP contribution is 2.66. The molecule has 2 amide bonds. The highest BCUT2D eigenvalue weighted by atomic mass is 16.4. The molecule has 7 rings (SSSR count). The molecule has 1 aliphatic heterocycles. The van der Waals surface area contributed by atoms with E-state index in [9.17, 15) is 19.5 Å². The first kappa shape index (κ1) is 19.0. The molecule has 5 heteroatoms. The van der Waals surface area contributed by atoms with Gasteiger partial charge in [-0.1, -0.05) is 68.4 Å². The van der Waals surface area contributed by atoms with Gasteiger partial charge < -0.3 is 5.11 Å². The van der Waals surface area contributed by atoms with Crippen molar-refractivity contribution in [2.45, 2.75) is 24.7 Å². The molecular weight excluding hydrogens is 402 g/mol. The summed E-state index contributed by atoms with van der Waals surface area (Å²) in [6.45, 7) is 4.15. The number of nitrogens with zero attached hydrogens (tertiary/aromatic N) is 1. The molecule has 3 aromatic carbocycles. The van der Waals surface area contributed by atoms with Crippen LogP contribution in [-0.4, -0.2) is 22.9 Å². The molecule has 4 aliphatic rings. The van der Waals surface area contributed by atoms with Crippen LogP contribution < -0.4 is 4.90 Å². The van der Waals surface area contributed by atoms with Gasteiger partial charge in [-0.3, -0.25) is 9.59 Å². The Kier molecular flexibility index (Phi) is 3.53. The van der Waals surface area contributed by atoms with Crippen LogP contribution in [0.1, 0.15) is 46.5 Å². The van der Waals surface area contributed by atoms with Crippen molar-refractivity contribution in [1.82, 2.24) is 0 Å². The molecule has 32 heavy (non-hydrogen) atoms. The van der Waals surface area contributed by atoms with Crippen LogP contribution in [0.3, 0.4) is 0 Å². The number of hydrogen-bond donors (Lipinski definition) is 1. The van der Waals surface area contributed by atoms with Gasteiger partial charge in [-0.2, -0.15) is 0 Å². The molecule has 1 heterocycles. The third-order valence-electron chi connectivity index (χ3n) is 7.99. The van der Waals surface area contributed by atoms with Gasteiger partial charge in [-0.25, -0.2) is 9.69 Å². The summed E-state index contributed by atoms with van der Waals surface area (Å²) in [5.41, 5.74) is 3.41. The Morgan fingerprint density at radius 1 is 0.750 bits per heavy atom. The maximum absolute atomic E-state index is 13.9. The van der Waals surface area contributed by atoms with Crippen LogP contribution in [0.2, 0.25) is 0 Å². The van der Waals surface area contributed by atoms with Crippen molar-refractivity contribution < 1.29 is 19.5 Å². The predicted octanol–water partition coefficient (Wildman–Crippen LogP) is 4.13. The fourth-order valence-electron chi connectivity index (χ4n) is 6.60. The minimum Gasteiger partial charge on any atom is -0.478 e. The predicted molar refractivity (Wildman–Crippen MR) is 119 cm³/mol. The summed E-state index contributed by atoms with van der Waals surface area (Å²) < 4.78 is 0. The number of carbonyl (C=O) groups excluding carboxylic acids is 2. The largest absolute Gasteiger partial charge is 0.478 e. The lowest BCUT2D eigenvalue weighted by Crippen LogP contribution is -2.59. The number of hydrogen-bond acceptors (Lipinski definition) is 3. The number of imide groups is 1. The Balaban J connectivity index is 1.63. The van der Waals surface area contributed by atoms with Crippen LogP contribution >= 0.6 is 0 Å². The zero-order valence-electron chi connectivity index (χ0n) is 17.7. The molecule has 0 radical (unpaired) electrons. The molecule has 0 spiro atoms. The maximum Gasteiger partial charge on any atom is 0.335 e. The lowest BCUT2D eigenvalue weighted by molar-refractivity contribution is -0.124. The van der Waals surface area contributed by atoms with E-state index in [-0.39, 0.29) is 17.4 Å². The van der Waals surface area contributed by atoms with Crippen molar-refractivity contribution in [3.63, 3.8) is 0 Å². The van der Waals surface area contributed by atoms with E-state index in [0.29, 0.717) is 5.69 Å². The van der Waals surface area contributed by atoms with Crippen LogP contribution in [0, 0.1) is 11.8 Å². The number of carboxylic acid groups (broad SMARTS) is 1. The highest BCUT2D eigenvalue weighted by Gasteiger charge is 2.70. The van der Waals surface area contributed by atoms with Gasteiger partial charge in [0.15, 0.2) is 0 Å². The van der Waals surface area contributed by atoms with E-state index in [2.05, 4.69) is 38.1 Å². The molecule has 1 fully saturated rings. The summed E-state index contributed by atoms with van der Waals surface area (Å²) >= 11 is 0. The Labute approximate surface area is 185 Å². The molecule has 1 saturated heterocycles. The minimum atomic E-state index is -1.10. The first-order valence-electron chi connectivity index (χ1n) is 10.7. The van der Waals surface area contributed by atoms with Crippen molar-refractivity contribution in [3.8, 4) is 0 Å². The zero-order valence-corrected chi connectivity index (χ0v) is 17.7. The van der Waals surface area contributed by atoms with Gasteiger partial charge in [0.2, 0.25) is 11.8 Å². The Morgan fingerprint density at radius 2 is 1.19 bits per heavy atom. The molecule has 158 valence electrons. The Hall–Kier alpha value is -3.73. The third kappa shape index (κ3) is 1.97. The third-order valence-corrected chi connectivity index (χ3v) is 7.99. The van der Waals surface area contributed by atoms with Gasteiger partial charge in [-0.05, 0) is 40.5 Å². The lowest BCUT2D eigenvalue weighted by Gasteiger charge is -2.57. The van der Waals surface area contributed by atoms with E-state index in [1.807, 2.05) is 24.3 Å². The van der Waals surface area contributed by atoms with Crippen LogP contribution in [-0.2, 0) is 20.4 Å². The number of rotatable bonds is 2. The SMILES string of the molecule is CC12c3ccccc3C(C)(c3ccccc31)[C@H]1C(=O)N(c3cccc(C(=O)O)c3)C(=O)[C@@H]12. The Morgan fingerprint density at radius 3 is 1.59 bits per heavy atom. The molecule has 3 aliphatic carbocycles. The molecule has 2 atom stereocenters. The fourth-order valence-corrected chi connectivity index (χ4v) is 6.60. The van der Waals surface area contributed by atoms with E-state index < -0.39 is 28.6 Å². The number of amides is 2. The second-order valence-electron chi connectivity index (χ2n) is 9.32. The molecule has 3 aromatic rings. The van der Waals surface area contributed by atoms with E-state index in [1.165, 1.54) is 17.0 Å². The van der Waals surface area contributed by atoms with E-state index >= 15 is 0 Å². The monoisotopic (exact) mass is 423 g/mol. The Bertz CT molecular complexity index is 1240. The second kappa shape index (κ2) is 5.94. The summed E-state index contributed by atoms with van der Waals surface area (Å²) in [5, 5.41) is 9.41. The molecular formula is C27H21NO4. The topological polar surface area (TPSA) is 74.7 Å². The van der Waals surface area contributed by atoms with Crippen LogP contribution in [0.5, 0.6) is 0 Å². The zero-order chi connectivity index (χ0) is 22.4. The van der Waals surface area contributed by atoms with Crippen LogP contribution in [0.4, 0.5) is 5.69 Å². The van der Waals surface area contributed by atoms with Crippen molar-refractivity contribution in [1.29, 1.82) is 0 Å². The van der Waals surface area contributed by atoms with Gasteiger partial charge >= 0.3 is 5.97 Å². The summed E-state index contributed by atoms with van der Waals surface area (Å²) in [7, 11) is 0. The fraction of sp³-hybridized carbons (Fsp3) is 0.222. The van der Waals surface area contributed by atoms with Gasteiger partial charge in [0.1, 0.15) is 0 Å². The minimum absolute atomic E-state index is 0.0462. The summed E-state index contributed by atoms with van der Waals surface area (Å²) in [6.07, 6.45) is 0. The first-order valence-corrected chi connectivity index (χ1v) is 10.7. The first-order chi connectivity index (χ1) is 15.3. The number of aromatic carboxylic acids is 1. The average Bonchev–Trinajstić information content (AvgIpc) is 3.08. The van der Waals surface area contributed by atoms with E-state index in [0.717, 1.165) is 22.3 Å². The quantitative estimate of drug-likeness (QED) is 0.629. The number of carboxylic acids is 1. The van der Waals surface area contributed by atoms with Crippen molar-refractivity contribution in [2.24, 2.45) is 11.8 Å².